The Morgan fingerprint density at radius 3 is 2.78 bits per heavy atom. The Kier molecular flexibility index (Phi) is 5.52. The van der Waals surface area contributed by atoms with Crippen LogP contribution in [0.25, 0.3) is 55.8 Å². The van der Waals surface area contributed by atoms with E-state index in [1.165, 1.54) is 25.3 Å². The number of benzene rings is 1. The molecule has 0 saturated carbocycles. The monoisotopic (exact) mass is 509 g/mol. The smallest absolute Gasteiger partial charge is 0.178 e. The lowest BCUT2D eigenvalue weighted by molar-refractivity contribution is 0.220. The fraction of sp³-hybridized carbons (Fsp3) is 0.214. The highest BCUT2D eigenvalue weighted by Crippen LogP contribution is 2.34. The third kappa shape index (κ3) is 4.10. The van der Waals surface area contributed by atoms with Gasteiger partial charge in [0.1, 0.15) is 11.2 Å². The number of hydrogen-bond acceptors (Lipinski definition) is 6. The molecule has 0 spiro atoms. The first-order valence-electron chi connectivity index (χ1n) is 12.4. The quantitative estimate of drug-likeness (QED) is 0.280. The summed E-state index contributed by atoms with van der Waals surface area (Å²) in [5, 5.41) is 12.1. The fourth-order valence-electron chi connectivity index (χ4n) is 5.22. The number of H-pyrrole nitrogens is 2. The van der Waals surface area contributed by atoms with Gasteiger partial charge in [-0.1, -0.05) is 6.42 Å². The van der Waals surface area contributed by atoms with Gasteiger partial charge in [0.25, 0.3) is 0 Å². The second-order valence-electron chi connectivity index (χ2n) is 9.53. The molecule has 1 aliphatic heterocycles. The zero-order valence-corrected chi connectivity index (χ0v) is 20.9. The molecule has 1 aliphatic rings. The number of imidazole rings is 1. The van der Waals surface area contributed by atoms with Crippen molar-refractivity contribution in [1.29, 1.82) is 0 Å². The molecule has 37 heavy (non-hydrogen) atoms. The predicted molar refractivity (Wildman–Crippen MR) is 145 cm³/mol. The molecule has 5 aromatic heterocycles. The van der Waals surface area contributed by atoms with Crippen LogP contribution >= 0.6 is 11.3 Å². The van der Waals surface area contributed by atoms with Crippen LogP contribution in [0.2, 0.25) is 0 Å². The molecule has 6 aromatic rings. The Hall–Kier alpha value is -3.95. The molecule has 1 aromatic carbocycles. The molecule has 7 nitrogen and oxygen atoms in total. The third-order valence-electron chi connectivity index (χ3n) is 7.06. The number of halogens is 1. The van der Waals surface area contributed by atoms with Gasteiger partial charge in [-0.15, -0.1) is 0 Å². The van der Waals surface area contributed by atoms with Gasteiger partial charge in [-0.25, -0.2) is 14.4 Å². The number of aromatic nitrogens is 6. The Balaban J connectivity index is 1.29. The van der Waals surface area contributed by atoms with E-state index in [-0.39, 0.29) is 11.3 Å². The topological polar surface area (TPSA) is 86.4 Å². The van der Waals surface area contributed by atoms with E-state index in [2.05, 4.69) is 47.6 Å². The van der Waals surface area contributed by atoms with E-state index in [1.54, 1.807) is 23.7 Å². The first-order chi connectivity index (χ1) is 18.2. The summed E-state index contributed by atoms with van der Waals surface area (Å²) in [6.45, 7) is 3.09. The van der Waals surface area contributed by atoms with Crippen LogP contribution in [0.3, 0.4) is 0 Å². The summed E-state index contributed by atoms with van der Waals surface area (Å²) in [6.07, 6.45) is 9.24. The zero-order chi connectivity index (χ0) is 24.8. The summed E-state index contributed by atoms with van der Waals surface area (Å²) in [5.74, 6) is 0.186. The summed E-state index contributed by atoms with van der Waals surface area (Å²) in [7, 11) is 0. The maximum atomic E-state index is 15.2. The van der Waals surface area contributed by atoms with Gasteiger partial charge in [0.15, 0.2) is 17.3 Å². The highest BCUT2D eigenvalue weighted by atomic mass is 32.1. The molecule has 0 atom stereocenters. The van der Waals surface area contributed by atoms with Crippen molar-refractivity contribution in [3.05, 3.63) is 71.1 Å². The van der Waals surface area contributed by atoms with Gasteiger partial charge in [-0.2, -0.15) is 16.4 Å². The Labute approximate surface area is 216 Å². The van der Waals surface area contributed by atoms with Crippen LogP contribution in [0.5, 0.6) is 0 Å². The van der Waals surface area contributed by atoms with Crippen LogP contribution < -0.4 is 0 Å². The third-order valence-corrected chi connectivity index (χ3v) is 7.74. The summed E-state index contributed by atoms with van der Waals surface area (Å²) < 4.78 is 15.2. The molecule has 0 bridgehead atoms. The molecule has 0 aliphatic carbocycles. The van der Waals surface area contributed by atoms with Crippen molar-refractivity contribution in [3.63, 3.8) is 0 Å². The molecule has 9 heteroatoms. The second kappa shape index (κ2) is 9.17. The van der Waals surface area contributed by atoms with Crippen molar-refractivity contribution in [2.45, 2.75) is 25.8 Å². The number of aromatic amines is 2. The van der Waals surface area contributed by atoms with Gasteiger partial charge in [0.2, 0.25) is 0 Å². The molecular weight excluding hydrogens is 485 g/mol. The van der Waals surface area contributed by atoms with E-state index in [1.807, 2.05) is 23.7 Å². The van der Waals surface area contributed by atoms with Crippen LogP contribution in [-0.4, -0.2) is 48.1 Å². The number of pyridine rings is 2. The number of piperidine rings is 1. The van der Waals surface area contributed by atoms with E-state index in [9.17, 15) is 0 Å². The van der Waals surface area contributed by atoms with Gasteiger partial charge < -0.3 is 4.98 Å². The van der Waals surface area contributed by atoms with Crippen LogP contribution in [-0.2, 0) is 6.54 Å². The summed E-state index contributed by atoms with van der Waals surface area (Å²) in [5.41, 5.74) is 7.26. The molecular formula is C28H24FN7S. The van der Waals surface area contributed by atoms with Crippen LogP contribution in [0.15, 0.2) is 59.7 Å². The molecule has 7 rings (SSSR count). The van der Waals surface area contributed by atoms with Crippen LogP contribution in [0.4, 0.5) is 4.39 Å². The molecule has 1 saturated heterocycles. The second-order valence-corrected chi connectivity index (χ2v) is 10.3. The van der Waals surface area contributed by atoms with Gasteiger partial charge in [0, 0.05) is 41.6 Å². The average Bonchev–Trinajstić information content (AvgIpc) is 3.69. The largest absolute Gasteiger partial charge is 0.335 e. The number of hydrogen-bond donors (Lipinski definition) is 2. The lowest BCUT2D eigenvalue weighted by Gasteiger charge is -2.26. The number of nitrogens with zero attached hydrogens (tertiary/aromatic N) is 5. The predicted octanol–water partition coefficient (Wildman–Crippen LogP) is 6.42. The molecule has 0 radical (unpaired) electrons. The van der Waals surface area contributed by atoms with E-state index >= 15 is 4.39 Å². The van der Waals surface area contributed by atoms with Crippen molar-refractivity contribution in [3.8, 4) is 33.8 Å². The van der Waals surface area contributed by atoms with Gasteiger partial charge in [-0.3, -0.25) is 15.0 Å². The van der Waals surface area contributed by atoms with Crippen molar-refractivity contribution in [1.82, 2.24) is 35.0 Å². The summed E-state index contributed by atoms with van der Waals surface area (Å²) >= 11 is 1.64. The fourth-order valence-corrected chi connectivity index (χ4v) is 5.87. The van der Waals surface area contributed by atoms with Crippen molar-refractivity contribution >= 4 is 33.4 Å². The summed E-state index contributed by atoms with van der Waals surface area (Å²) in [6, 6.07) is 9.64. The molecule has 1 fully saturated rings. The lowest BCUT2D eigenvalue weighted by Crippen LogP contribution is -2.29. The number of likely N-dealkylation sites (tertiary alicyclic amines) is 1. The highest BCUT2D eigenvalue weighted by molar-refractivity contribution is 7.08. The van der Waals surface area contributed by atoms with E-state index in [4.69, 9.17) is 4.98 Å². The van der Waals surface area contributed by atoms with E-state index in [0.717, 1.165) is 53.0 Å². The average molecular weight is 510 g/mol. The summed E-state index contributed by atoms with van der Waals surface area (Å²) in [4.78, 5) is 19.5. The van der Waals surface area contributed by atoms with Crippen molar-refractivity contribution < 1.29 is 4.39 Å². The molecule has 184 valence electrons. The Morgan fingerprint density at radius 1 is 1.00 bits per heavy atom. The SMILES string of the molecule is Fc1cc(-c2cncc(CN3CCCCC3)c2)cc2c(-c3nc4nccc(-c5ccsc5)c4[nH]3)[nH]nc12. The minimum atomic E-state index is -0.385. The van der Waals surface area contributed by atoms with Crippen molar-refractivity contribution in [2.24, 2.45) is 0 Å². The standard InChI is InChI=1S/C28H24FN7S/c29-23-12-19(20-10-17(13-30-14-20)15-36-7-2-1-3-8-36)11-22-24(23)34-35-26(22)28-32-25-21(18-5-9-37-16-18)4-6-31-27(25)33-28/h4-6,9-14,16H,1-3,7-8,15H2,(H,34,35)(H,31,32,33). The number of fused-ring (bicyclic) bond motifs is 2. The van der Waals surface area contributed by atoms with Crippen molar-refractivity contribution in [2.75, 3.05) is 13.1 Å². The van der Waals surface area contributed by atoms with Gasteiger partial charge in [0.05, 0.1) is 5.52 Å². The molecule has 6 heterocycles. The Bertz CT molecular complexity index is 1710. The first kappa shape index (κ1) is 22.3. The first-order valence-corrected chi connectivity index (χ1v) is 13.4. The zero-order valence-electron chi connectivity index (χ0n) is 20.0. The van der Waals surface area contributed by atoms with Crippen LogP contribution in [0.1, 0.15) is 24.8 Å². The lowest BCUT2D eigenvalue weighted by atomic mass is 10.0. The molecule has 2 N–H and O–H groups in total. The molecule has 0 unspecified atom stereocenters. The van der Waals surface area contributed by atoms with E-state index < -0.39 is 0 Å². The molecule has 0 amide bonds. The number of rotatable bonds is 5. The van der Waals surface area contributed by atoms with Crippen LogP contribution in [0, 0.1) is 5.82 Å². The minimum Gasteiger partial charge on any atom is -0.335 e. The number of nitrogens with one attached hydrogen (secondary N) is 2. The maximum absolute atomic E-state index is 15.2. The normalized spacial score (nSPS) is 14.6. The van der Waals surface area contributed by atoms with E-state index in [0.29, 0.717) is 22.6 Å². The Morgan fingerprint density at radius 2 is 1.92 bits per heavy atom. The highest BCUT2D eigenvalue weighted by Gasteiger charge is 2.19. The minimum absolute atomic E-state index is 0.280. The van der Waals surface area contributed by atoms with Gasteiger partial charge in [-0.05, 0) is 83.7 Å². The maximum Gasteiger partial charge on any atom is 0.178 e. The van der Waals surface area contributed by atoms with Gasteiger partial charge >= 0.3 is 0 Å². The number of thiophene rings is 1.